The van der Waals surface area contributed by atoms with Crippen LogP contribution in [0.1, 0.15) is 43.8 Å². The summed E-state index contributed by atoms with van der Waals surface area (Å²) in [4.78, 5) is 12.6. The van der Waals surface area contributed by atoms with Gasteiger partial charge >= 0.3 is 0 Å². The Labute approximate surface area is 154 Å². The molecule has 2 fully saturated rings. The van der Waals surface area contributed by atoms with Gasteiger partial charge in [-0.05, 0) is 59.9 Å². The zero-order valence-corrected chi connectivity index (χ0v) is 15.1. The van der Waals surface area contributed by atoms with Gasteiger partial charge in [0.05, 0.1) is 6.10 Å². The summed E-state index contributed by atoms with van der Waals surface area (Å²) in [5.41, 5.74) is 7.16. The Kier molecular flexibility index (Phi) is 4.96. The molecule has 0 radical (unpaired) electrons. The normalized spacial score (nSPS) is 29.3. The summed E-state index contributed by atoms with van der Waals surface area (Å²) >= 11 is 0. The highest BCUT2D eigenvalue weighted by Gasteiger charge is 2.40. The van der Waals surface area contributed by atoms with Gasteiger partial charge in [-0.1, -0.05) is 42.8 Å². The smallest absolute Gasteiger partial charge is 0.223 e. The van der Waals surface area contributed by atoms with Gasteiger partial charge in [-0.2, -0.15) is 0 Å². The minimum Gasteiger partial charge on any atom is -0.387 e. The highest BCUT2D eigenvalue weighted by Crippen LogP contribution is 2.41. The second kappa shape index (κ2) is 7.37. The maximum atomic E-state index is 12.6. The molecule has 0 spiro atoms. The predicted molar refractivity (Wildman–Crippen MR) is 103 cm³/mol. The van der Waals surface area contributed by atoms with Gasteiger partial charge in [0.1, 0.15) is 0 Å². The number of amides is 1. The molecule has 0 aromatic heterocycles. The minimum atomic E-state index is -0.686. The summed E-state index contributed by atoms with van der Waals surface area (Å²) in [5.74, 6) is 1.11. The van der Waals surface area contributed by atoms with E-state index in [0.29, 0.717) is 11.8 Å². The van der Waals surface area contributed by atoms with Crippen LogP contribution in [0.3, 0.4) is 0 Å². The maximum absolute atomic E-state index is 12.6. The Morgan fingerprint density at radius 2 is 1.81 bits per heavy atom. The van der Waals surface area contributed by atoms with Gasteiger partial charge < -0.3 is 16.2 Å². The SMILES string of the molecule is NC1C2CCCC1CC(C(=O)NCC(O)c1ccc3ccccc3c1)C2. The first-order chi connectivity index (χ1) is 12.6. The largest absolute Gasteiger partial charge is 0.387 e. The fourth-order valence-corrected chi connectivity index (χ4v) is 4.88. The number of aliphatic hydroxyl groups excluding tert-OH is 1. The van der Waals surface area contributed by atoms with Crippen molar-refractivity contribution in [2.75, 3.05) is 6.54 Å². The minimum absolute atomic E-state index is 0.0499. The molecule has 2 bridgehead atoms. The Morgan fingerprint density at radius 3 is 2.54 bits per heavy atom. The molecule has 2 aromatic rings. The van der Waals surface area contributed by atoms with E-state index in [1.54, 1.807) is 0 Å². The van der Waals surface area contributed by atoms with E-state index in [0.717, 1.165) is 42.0 Å². The van der Waals surface area contributed by atoms with Crippen LogP contribution < -0.4 is 11.1 Å². The Bertz CT molecular complexity index is 777. The van der Waals surface area contributed by atoms with Gasteiger partial charge in [-0.25, -0.2) is 0 Å². The average Bonchev–Trinajstić information content (AvgIpc) is 2.65. The third kappa shape index (κ3) is 3.49. The fourth-order valence-electron chi connectivity index (χ4n) is 4.88. The molecular formula is C22H28N2O2. The van der Waals surface area contributed by atoms with Crippen LogP contribution in [0.4, 0.5) is 0 Å². The lowest BCUT2D eigenvalue weighted by atomic mass is 9.65. The van der Waals surface area contributed by atoms with Crippen molar-refractivity contribution in [2.45, 2.75) is 44.2 Å². The summed E-state index contributed by atoms with van der Waals surface area (Å²) < 4.78 is 0. The molecule has 2 aromatic carbocycles. The molecule has 4 nitrogen and oxygen atoms in total. The number of hydrogen-bond acceptors (Lipinski definition) is 3. The Balaban J connectivity index is 1.36. The van der Waals surface area contributed by atoms with Gasteiger partial charge in [0.15, 0.2) is 0 Å². The molecule has 0 saturated heterocycles. The quantitative estimate of drug-likeness (QED) is 0.791. The summed E-state index contributed by atoms with van der Waals surface area (Å²) in [5, 5.41) is 15.7. The van der Waals surface area contributed by atoms with Crippen molar-refractivity contribution in [3.8, 4) is 0 Å². The number of rotatable bonds is 4. The van der Waals surface area contributed by atoms with Crippen LogP contribution in [0.15, 0.2) is 42.5 Å². The summed E-state index contributed by atoms with van der Waals surface area (Å²) in [6, 6.07) is 14.3. The molecule has 138 valence electrons. The van der Waals surface area contributed by atoms with Gasteiger partial charge in [0.2, 0.25) is 5.91 Å². The highest BCUT2D eigenvalue weighted by atomic mass is 16.3. The van der Waals surface area contributed by atoms with E-state index in [1.807, 2.05) is 36.4 Å². The first kappa shape index (κ1) is 17.5. The van der Waals surface area contributed by atoms with Crippen molar-refractivity contribution < 1.29 is 9.90 Å². The lowest BCUT2D eigenvalue weighted by Crippen LogP contribution is -2.49. The number of fused-ring (bicyclic) bond motifs is 3. The number of carbonyl (C=O) groups is 1. The molecule has 4 heteroatoms. The van der Waals surface area contributed by atoms with Gasteiger partial charge in [-0.15, -0.1) is 0 Å². The van der Waals surface area contributed by atoms with Gasteiger partial charge in [0.25, 0.3) is 0 Å². The molecule has 2 aliphatic carbocycles. The van der Waals surface area contributed by atoms with E-state index in [1.165, 1.54) is 6.42 Å². The topological polar surface area (TPSA) is 75.4 Å². The second-order valence-electron chi connectivity index (χ2n) is 8.06. The molecule has 0 heterocycles. The van der Waals surface area contributed by atoms with Crippen LogP contribution in [0, 0.1) is 17.8 Å². The number of aliphatic hydroxyl groups is 1. The third-order valence-electron chi connectivity index (χ3n) is 6.41. The van der Waals surface area contributed by atoms with Crippen LogP contribution in [-0.4, -0.2) is 23.6 Å². The highest BCUT2D eigenvalue weighted by molar-refractivity contribution is 5.83. The van der Waals surface area contributed by atoms with Crippen molar-refractivity contribution >= 4 is 16.7 Å². The zero-order chi connectivity index (χ0) is 18.1. The second-order valence-corrected chi connectivity index (χ2v) is 8.06. The molecule has 3 atom stereocenters. The van der Waals surface area contributed by atoms with E-state index < -0.39 is 6.10 Å². The molecule has 3 unspecified atom stereocenters. The van der Waals surface area contributed by atoms with E-state index in [-0.39, 0.29) is 24.4 Å². The third-order valence-corrected chi connectivity index (χ3v) is 6.41. The number of nitrogens with two attached hydrogens (primary N) is 1. The first-order valence-corrected chi connectivity index (χ1v) is 9.82. The number of benzene rings is 2. The van der Waals surface area contributed by atoms with Crippen molar-refractivity contribution in [1.29, 1.82) is 0 Å². The van der Waals surface area contributed by atoms with Crippen molar-refractivity contribution in [3.05, 3.63) is 48.0 Å². The molecular weight excluding hydrogens is 324 g/mol. The number of carbonyl (C=O) groups excluding carboxylic acids is 1. The predicted octanol–water partition coefficient (Wildman–Crippen LogP) is 3.14. The van der Waals surface area contributed by atoms with Gasteiger partial charge in [0, 0.05) is 18.5 Å². The molecule has 1 amide bonds. The Morgan fingerprint density at radius 1 is 1.12 bits per heavy atom. The van der Waals surface area contributed by atoms with Gasteiger partial charge in [-0.3, -0.25) is 4.79 Å². The lowest BCUT2D eigenvalue weighted by Gasteiger charge is -2.43. The monoisotopic (exact) mass is 352 g/mol. The zero-order valence-electron chi connectivity index (χ0n) is 15.1. The van der Waals surface area contributed by atoms with E-state index in [4.69, 9.17) is 5.73 Å². The molecule has 0 aliphatic heterocycles. The number of nitrogens with one attached hydrogen (secondary N) is 1. The summed E-state index contributed by atoms with van der Waals surface area (Å²) in [6.45, 7) is 0.259. The molecule has 4 rings (SSSR count). The molecule has 2 saturated carbocycles. The maximum Gasteiger partial charge on any atom is 0.223 e. The first-order valence-electron chi connectivity index (χ1n) is 9.82. The van der Waals surface area contributed by atoms with Crippen LogP contribution in [0.2, 0.25) is 0 Å². The van der Waals surface area contributed by atoms with Crippen LogP contribution in [0.5, 0.6) is 0 Å². The van der Waals surface area contributed by atoms with Crippen molar-refractivity contribution in [2.24, 2.45) is 23.5 Å². The summed E-state index contributed by atoms with van der Waals surface area (Å²) in [6.07, 6.45) is 4.67. The van der Waals surface area contributed by atoms with Crippen LogP contribution >= 0.6 is 0 Å². The number of hydrogen-bond donors (Lipinski definition) is 3. The van der Waals surface area contributed by atoms with Crippen molar-refractivity contribution in [1.82, 2.24) is 5.32 Å². The van der Waals surface area contributed by atoms with Crippen LogP contribution in [-0.2, 0) is 4.79 Å². The van der Waals surface area contributed by atoms with E-state index >= 15 is 0 Å². The molecule has 2 aliphatic rings. The van der Waals surface area contributed by atoms with E-state index in [2.05, 4.69) is 11.4 Å². The fraction of sp³-hybridized carbons (Fsp3) is 0.500. The standard InChI is InChI=1S/C22H28N2O2/c23-21-17-6-3-7-18(21)12-19(11-17)22(26)24-13-20(25)16-9-8-14-4-1-2-5-15(14)10-16/h1-2,4-5,8-10,17-21,25H,3,6-7,11-13,23H2,(H,24,26). The molecule has 26 heavy (non-hydrogen) atoms. The Hall–Kier alpha value is -1.91. The van der Waals surface area contributed by atoms with E-state index in [9.17, 15) is 9.90 Å². The van der Waals surface area contributed by atoms with Crippen LogP contribution in [0.25, 0.3) is 10.8 Å². The summed E-state index contributed by atoms with van der Waals surface area (Å²) in [7, 11) is 0. The average molecular weight is 352 g/mol. The van der Waals surface area contributed by atoms with Crippen molar-refractivity contribution in [3.63, 3.8) is 0 Å². The molecule has 4 N–H and O–H groups in total. The lowest BCUT2D eigenvalue weighted by molar-refractivity contribution is -0.128.